The van der Waals surface area contributed by atoms with Crippen molar-refractivity contribution in [1.29, 1.82) is 0 Å². The van der Waals surface area contributed by atoms with Gasteiger partial charge in [0.1, 0.15) is 5.82 Å². The predicted molar refractivity (Wildman–Crippen MR) is 127 cm³/mol. The number of primary amides is 1. The number of nitrogens with two attached hydrogens (primary N) is 1. The minimum Gasteiger partial charge on any atom is -0.381 e. The Hall–Kier alpha value is -2.89. The maximum atomic E-state index is 13.1. The molecule has 0 spiro atoms. The fraction of sp³-hybridized carbons (Fsp3) is 0.409. The quantitative estimate of drug-likeness (QED) is 0.548. The first-order valence-corrected chi connectivity index (χ1v) is 12.4. The van der Waals surface area contributed by atoms with E-state index in [-0.39, 0.29) is 29.1 Å². The molecule has 0 aliphatic carbocycles. The first kappa shape index (κ1) is 21.9. The molecule has 3 atom stereocenters. The van der Waals surface area contributed by atoms with E-state index in [4.69, 9.17) is 10.5 Å². The van der Waals surface area contributed by atoms with E-state index in [0.717, 1.165) is 41.9 Å². The zero-order valence-electron chi connectivity index (χ0n) is 18.3. The molecule has 33 heavy (non-hydrogen) atoms. The van der Waals surface area contributed by atoms with Gasteiger partial charge < -0.3 is 20.7 Å². The molecule has 2 fully saturated rings. The minimum atomic E-state index is -0.544. The van der Waals surface area contributed by atoms with Crippen LogP contribution in [0.15, 0.2) is 23.7 Å². The largest absolute Gasteiger partial charge is 0.381 e. The van der Waals surface area contributed by atoms with Gasteiger partial charge in [-0.05, 0) is 44.7 Å². The van der Waals surface area contributed by atoms with Gasteiger partial charge in [-0.2, -0.15) is 0 Å². The monoisotopic (exact) mass is 484 g/mol. The molecule has 2 bridgehead atoms. The molecule has 3 N–H and O–H groups in total. The molecule has 0 saturated carbocycles. The van der Waals surface area contributed by atoms with E-state index >= 15 is 0 Å². The molecule has 3 aromatic rings. The van der Waals surface area contributed by atoms with Crippen molar-refractivity contribution in [2.24, 2.45) is 5.73 Å². The highest BCUT2D eigenvalue weighted by Gasteiger charge is 2.43. The van der Waals surface area contributed by atoms with Crippen LogP contribution in [0, 0.1) is 6.92 Å². The number of anilines is 2. The van der Waals surface area contributed by atoms with Gasteiger partial charge >= 0.3 is 0 Å². The van der Waals surface area contributed by atoms with Crippen LogP contribution in [0.25, 0.3) is 10.6 Å². The number of carbonyl (C=O) groups excluding carboxylic acids is 2. The van der Waals surface area contributed by atoms with Gasteiger partial charge in [0.05, 0.1) is 27.9 Å². The van der Waals surface area contributed by atoms with Crippen LogP contribution in [-0.2, 0) is 4.74 Å². The van der Waals surface area contributed by atoms with E-state index < -0.39 is 5.91 Å². The summed E-state index contributed by atoms with van der Waals surface area (Å²) >= 11 is 2.65. The number of nitrogens with one attached hydrogen (secondary N) is 1. The number of pyridine rings is 1. The maximum Gasteiger partial charge on any atom is 0.277 e. The van der Waals surface area contributed by atoms with Gasteiger partial charge in [-0.1, -0.05) is 0 Å². The lowest BCUT2D eigenvalue weighted by atomic mass is 9.99. The third-order valence-corrected chi connectivity index (χ3v) is 8.20. The molecule has 3 aromatic heterocycles. The van der Waals surface area contributed by atoms with Crippen molar-refractivity contribution >= 4 is 45.4 Å². The molecule has 5 heterocycles. The first-order valence-electron chi connectivity index (χ1n) is 10.7. The summed E-state index contributed by atoms with van der Waals surface area (Å²) in [5.41, 5.74) is 7.37. The zero-order chi connectivity index (χ0) is 23.1. The number of carbonyl (C=O) groups is 2. The summed E-state index contributed by atoms with van der Waals surface area (Å²) in [4.78, 5) is 40.6. The summed E-state index contributed by atoms with van der Waals surface area (Å²) in [5, 5.41) is 6.00. The Labute approximate surface area is 199 Å². The maximum absolute atomic E-state index is 13.1. The van der Waals surface area contributed by atoms with E-state index in [2.05, 4.69) is 20.3 Å². The molecule has 2 aliphatic heterocycles. The zero-order valence-corrected chi connectivity index (χ0v) is 19.9. The second-order valence-corrected chi connectivity index (χ2v) is 10.2. The number of nitrogens with zero attached hydrogens (tertiary/aromatic N) is 4. The summed E-state index contributed by atoms with van der Waals surface area (Å²) in [5.74, 6) is 0.101. The van der Waals surface area contributed by atoms with E-state index in [1.165, 1.54) is 22.7 Å². The van der Waals surface area contributed by atoms with Gasteiger partial charge in [0, 0.05) is 30.8 Å². The SMILES string of the molecule is CO[C@H]1CC2CC[C@@H](C1)N2C(=O)c1ccc(Nc2nc(-c3sc(C(N)=O)nc3C)cs2)nc1. The highest BCUT2D eigenvalue weighted by Crippen LogP contribution is 2.38. The number of hydrogen-bond donors (Lipinski definition) is 2. The van der Waals surface area contributed by atoms with Crippen LogP contribution in [0.2, 0.25) is 0 Å². The number of fused-ring (bicyclic) bond motifs is 2. The highest BCUT2D eigenvalue weighted by molar-refractivity contribution is 7.18. The number of piperidine rings is 1. The Balaban J connectivity index is 1.27. The normalized spacial score (nSPS) is 21.9. The van der Waals surface area contributed by atoms with Crippen molar-refractivity contribution < 1.29 is 14.3 Å². The van der Waals surface area contributed by atoms with Crippen molar-refractivity contribution in [2.75, 3.05) is 12.4 Å². The van der Waals surface area contributed by atoms with Gasteiger partial charge in [0.2, 0.25) is 0 Å². The van der Waals surface area contributed by atoms with Crippen molar-refractivity contribution in [1.82, 2.24) is 19.9 Å². The van der Waals surface area contributed by atoms with E-state index in [1.807, 2.05) is 17.2 Å². The number of thiazole rings is 2. The molecule has 2 saturated heterocycles. The van der Waals surface area contributed by atoms with E-state index in [0.29, 0.717) is 16.5 Å². The molecule has 11 heteroatoms. The molecule has 1 unspecified atom stereocenters. The number of aromatic nitrogens is 3. The van der Waals surface area contributed by atoms with Gasteiger partial charge in [-0.25, -0.2) is 15.0 Å². The predicted octanol–water partition coefficient (Wildman–Crippen LogP) is 3.59. The van der Waals surface area contributed by atoms with Crippen LogP contribution in [0.1, 0.15) is 51.5 Å². The highest BCUT2D eigenvalue weighted by atomic mass is 32.1. The first-order chi connectivity index (χ1) is 15.9. The van der Waals surface area contributed by atoms with Crippen LogP contribution in [0.4, 0.5) is 10.9 Å². The smallest absolute Gasteiger partial charge is 0.277 e. The summed E-state index contributed by atoms with van der Waals surface area (Å²) in [6.45, 7) is 1.83. The third-order valence-electron chi connectivity index (χ3n) is 6.25. The average Bonchev–Trinajstić information content (AvgIpc) is 3.49. The topological polar surface area (TPSA) is 123 Å². The Morgan fingerprint density at radius 3 is 2.58 bits per heavy atom. The Morgan fingerprint density at radius 1 is 1.21 bits per heavy atom. The molecule has 5 rings (SSSR count). The van der Waals surface area contributed by atoms with Gasteiger partial charge in [0.25, 0.3) is 11.8 Å². The second-order valence-electron chi connectivity index (χ2n) is 8.32. The molecule has 0 aromatic carbocycles. The lowest BCUT2D eigenvalue weighted by Gasteiger charge is -2.38. The Kier molecular flexibility index (Phi) is 5.85. The van der Waals surface area contributed by atoms with Crippen LogP contribution in [0.5, 0.6) is 0 Å². The Morgan fingerprint density at radius 2 is 1.97 bits per heavy atom. The Bertz CT molecular complexity index is 1180. The van der Waals surface area contributed by atoms with Crippen LogP contribution < -0.4 is 11.1 Å². The molecule has 2 aliphatic rings. The lowest BCUT2D eigenvalue weighted by Crippen LogP contribution is -2.48. The number of amides is 2. The van der Waals surface area contributed by atoms with E-state index in [9.17, 15) is 9.59 Å². The van der Waals surface area contributed by atoms with Crippen LogP contribution in [-0.4, -0.2) is 57.0 Å². The average molecular weight is 485 g/mol. The number of ether oxygens (including phenoxy) is 1. The van der Waals surface area contributed by atoms with Crippen molar-refractivity contribution in [3.05, 3.63) is 40.0 Å². The molecule has 172 valence electrons. The molecule has 0 radical (unpaired) electrons. The van der Waals surface area contributed by atoms with Gasteiger partial charge in [0.15, 0.2) is 10.1 Å². The third kappa shape index (κ3) is 4.23. The van der Waals surface area contributed by atoms with Gasteiger partial charge in [-0.15, -0.1) is 22.7 Å². The van der Waals surface area contributed by atoms with Crippen molar-refractivity contribution in [3.8, 4) is 10.6 Å². The molecule has 9 nitrogen and oxygen atoms in total. The number of methoxy groups -OCH3 is 1. The second kappa shape index (κ2) is 8.81. The summed E-state index contributed by atoms with van der Waals surface area (Å²) in [7, 11) is 1.75. The van der Waals surface area contributed by atoms with E-state index in [1.54, 1.807) is 25.4 Å². The fourth-order valence-electron chi connectivity index (χ4n) is 4.68. The molecule has 2 amide bonds. The number of hydrogen-bond acceptors (Lipinski definition) is 9. The van der Waals surface area contributed by atoms with Crippen LogP contribution in [0.3, 0.4) is 0 Å². The standard InChI is InChI=1S/C22H24N6O3S2/c1-11-18(33-20(25-11)19(23)29)16-10-32-22(26-16)27-17-6-3-12(9-24-17)21(30)28-13-4-5-14(28)8-15(7-13)31-2/h3,6,9-10,13-15H,4-5,7-8H2,1-2H3,(H2,23,29)(H,24,26,27)/t13-,14?,15+/m0/s1. The van der Waals surface area contributed by atoms with Crippen molar-refractivity contribution in [2.45, 2.75) is 50.8 Å². The molecular weight excluding hydrogens is 460 g/mol. The fourth-order valence-corrected chi connectivity index (χ4v) is 6.34. The van der Waals surface area contributed by atoms with Crippen molar-refractivity contribution in [3.63, 3.8) is 0 Å². The molecular formula is C22H24N6O3S2. The number of aryl methyl sites for hydroxylation is 1. The van der Waals surface area contributed by atoms with Gasteiger partial charge in [-0.3, -0.25) is 9.59 Å². The van der Waals surface area contributed by atoms with Crippen LogP contribution >= 0.6 is 22.7 Å². The summed E-state index contributed by atoms with van der Waals surface area (Å²) < 4.78 is 5.54. The number of rotatable bonds is 6. The summed E-state index contributed by atoms with van der Waals surface area (Å²) in [6.07, 6.45) is 5.74. The summed E-state index contributed by atoms with van der Waals surface area (Å²) in [6, 6.07) is 4.10. The minimum absolute atomic E-state index is 0.0403. The lowest BCUT2D eigenvalue weighted by molar-refractivity contribution is 0.00820.